The number of carbonyl (C=O) groups is 3. The summed E-state index contributed by atoms with van der Waals surface area (Å²) < 4.78 is 11.5. The summed E-state index contributed by atoms with van der Waals surface area (Å²) in [4.78, 5) is 40.4. The molecule has 9 heteroatoms. The number of anilines is 1. The summed E-state index contributed by atoms with van der Waals surface area (Å²) in [6.45, 7) is 6.77. The van der Waals surface area contributed by atoms with E-state index in [-0.39, 0.29) is 12.4 Å². The number of rotatable bonds is 6. The first-order valence-electron chi connectivity index (χ1n) is 8.94. The Morgan fingerprint density at radius 2 is 1.96 bits per heavy atom. The highest BCUT2D eigenvalue weighted by molar-refractivity contribution is 5.96. The molecule has 9 nitrogen and oxygen atoms in total. The number of pyridine rings is 1. The molecule has 0 spiro atoms. The first kappa shape index (κ1) is 21.2. The molecule has 0 fully saturated rings. The molecule has 2 aromatic rings. The number of carbonyl (C=O) groups excluding carboxylic acids is 3. The van der Waals surface area contributed by atoms with Crippen LogP contribution in [0.3, 0.4) is 0 Å². The third-order valence-electron chi connectivity index (χ3n) is 3.76. The maximum Gasteiger partial charge on any atom is 0.408 e. The number of hydrogen-bond acceptors (Lipinski definition) is 6. The lowest BCUT2D eigenvalue weighted by atomic mass is 10.2. The Bertz CT molecular complexity index is 869. The van der Waals surface area contributed by atoms with Gasteiger partial charge >= 0.3 is 12.1 Å². The molecule has 0 saturated heterocycles. The number of aromatic nitrogens is 2. The van der Waals surface area contributed by atoms with Gasteiger partial charge in [0.25, 0.3) is 0 Å². The Balaban J connectivity index is 2.15. The van der Waals surface area contributed by atoms with Crippen LogP contribution in [0.2, 0.25) is 0 Å². The summed E-state index contributed by atoms with van der Waals surface area (Å²) in [5.41, 5.74) is 0.517. The van der Waals surface area contributed by atoms with E-state index in [9.17, 15) is 14.4 Å². The van der Waals surface area contributed by atoms with Crippen molar-refractivity contribution in [1.82, 2.24) is 14.7 Å². The van der Waals surface area contributed by atoms with E-state index in [1.165, 1.54) is 7.11 Å². The molecular formula is C19H26N4O5. The van der Waals surface area contributed by atoms with Crippen LogP contribution in [-0.4, -0.2) is 46.1 Å². The molecule has 0 aromatic carbocycles. The Kier molecular flexibility index (Phi) is 6.61. The summed E-state index contributed by atoms with van der Waals surface area (Å²) in [6, 6.07) is 4.58. The number of fused-ring (bicyclic) bond motifs is 1. The van der Waals surface area contributed by atoms with Crippen LogP contribution in [0.4, 0.5) is 10.6 Å². The van der Waals surface area contributed by atoms with Crippen molar-refractivity contribution in [3.8, 4) is 0 Å². The molecule has 28 heavy (non-hydrogen) atoms. The second-order valence-corrected chi connectivity index (χ2v) is 7.27. The van der Waals surface area contributed by atoms with Crippen LogP contribution in [0.25, 0.3) is 5.65 Å². The van der Waals surface area contributed by atoms with Crippen LogP contribution in [0.15, 0.2) is 24.4 Å². The predicted molar refractivity (Wildman–Crippen MR) is 103 cm³/mol. The zero-order valence-corrected chi connectivity index (χ0v) is 16.7. The van der Waals surface area contributed by atoms with Crippen LogP contribution >= 0.6 is 0 Å². The topological polar surface area (TPSA) is 111 Å². The zero-order valence-electron chi connectivity index (χ0n) is 16.7. The average Bonchev–Trinajstić information content (AvgIpc) is 2.95. The minimum atomic E-state index is -0.836. The second kappa shape index (κ2) is 8.73. The fourth-order valence-corrected chi connectivity index (χ4v) is 2.45. The number of alkyl carbamates (subject to hydrolysis) is 1. The molecule has 0 aliphatic rings. The number of aryl methyl sites for hydroxylation is 1. The molecule has 2 rings (SSSR count). The number of nitrogens with zero attached hydrogens (tertiary/aromatic N) is 2. The Morgan fingerprint density at radius 3 is 2.61 bits per heavy atom. The van der Waals surface area contributed by atoms with E-state index in [2.05, 4.69) is 20.4 Å². The molecule has 0 aliphatic heterocycles. The number of methoxy groups -OCH3 is 1. The van der Waals surface area contributed by atoms with Crippen LogP contribution in [-0.2, 0) is 25.5 Å². The van der Waals surface area contributed by atoms with Crippen LogP contribution in [0.5, 0.6) is 0 Å². The lowest BCUT2D eigenvalue weighted by molar-refractivity contribution is -0.140. The molecule has 0 bridgehead atoms. The number of nitrogens with one attached hydrogen (secondary N) is 2. The predicted octanol–water partition coefficient (Wildman–Crippen LogP) is 2.29. The molecule has 152 valence electrons. The van der Waals surface area contributed by atoms with Crippen molar-refractivity contribution in [2.24, 2.45) is 0 Å². The van der Waals surface area contributed by atoms with E-state index in [0.717, 1.165) is 0 Å². The number of ether oxygens (including phenoxy) is 2. The largest absolute Gasteiger partial charge is 0.469 e. The first-order chi connectivity index (χ1) is 13.1. The van der Waals surface area contributed by atoms with Gasteiger partial charge in [-0.15, -0.1) is 0 Å². The van der Waals surface area contributed by atoms with Crippen LogP contribution in [0, 0.1) is 0 Å². The van der Waals surface area contributed by atoms with Gasteiger partial charge in [0.15, 0.2) is 0 Å². The summed E-state index contributed by atoms with van der Waals surface area (Å²) >= 11 is 0. The minimum absolute atomic E-state index is 0.134. The molecule has 2 N–H and O–H groups in total. The minimum Gasteiger partial charge on any atom is -0.469 e. The Hall–Kier alpha value is -3.10. The van der Waals surface area contributed by atoms with Gasteiger partial charge in [-0.2, -0.15) is 0 Å². The molecule has 0 saturated carbocycles. The van der Waals surface area contributed by atoms with Crippen molar-refractivity contribution in [3.63, 3.8) is 0 Å². The Morgan fingerprint density at radius 1 is 1.25 bits per heavy atom. The highest BCUT2D eigenvalue weighted by Gasteiger charge is 2.23. The fraction of sp³-hybridized carbons (Fsp3) is 0.474. The monoisotopic (exact) mass is 390 g/mol. The number of hydrogen-bond donors (Lipinski definition) is 2. The molecule has 2 heterocycles. The normalized spacial score (nSPS) is 12.3. The number of imidazole rings is 1. The third kappa shape index (κ3) is 5.70. The van der Waals surface area contributed by atoms with Crippen molar-refractivity contribution in [3.05, 3.63) is 30.1 Å². The van der Waals surface area contributed by atoms with E-state index >= 15 is 0 Å². The third-order valence-corrected chi connectivity index (χ3v) is 3.76. The van der Waals surface area contributed by atoms with Crippen molar-refractivity contribution >= 4 is 29.4 Å². The van der Waals surface area contributed by atoms with Gasteiger partial charge in [0.2, 0.25) is 5.91 Å². The van der Waals surface area contributed by atoms with E-state index in [1.54, 1.807) is 50.4 Å². The van der Waals surface area contributed by atoms with Gasteiger partial charge in [-0.3, -0.25) is 14.0 Å². The van der Waals surface area contributed by atoms with Crippen LogP contribution in [0.1, 0.15) is 39.8 Å². The standard InChI is InChI=1S/C19H26N4O5/c1-12(20-18(26)28-19(2,3)4)17(25)22-16-13(9-10-15(24)27-5)21-14-8-6-7-11-23(14)16/h6-8,11-12H,9-10H2,1-5H3,(H,20,26)(H,22,25)/t12-/m0/s1. The average molecular weight is 390 g/mol. The summed E-state index contributed by atoms with van der Waals surface area (Å²) in [5.74, 6) is -0.354. The zero-order chi connectivity index (χ0) is 20.9. The fourth-order valence-electron chi connectivity index (χ4n) is 2.45. The smallest absolute Gasteiger partial charge is 0.408 e. The maximum absolute atomic E-state index is 12.6. The highest BCUT2D eigenvalue weighted by atomic mass is 16.6. The van der Waals surface area contributed by atoms with Crippen molar-refractivity contribution in [2.75, 3.05) is 12.4 Å². The van der Waals surface area contributed by atoms with E-state index < -0.39 is 23.6 Å². The van der Waals surface area contributed by atoms with Crippen LogP contribution < -0.4 is 10.6 Å². The molecule has 0 unspecified atom stereocenters. The first-order valence-corrected chi connectivity index (χ1v) is 8.94. The Labute approximate surface area is 163 Å². The van der Waals surface area contributed by atoms with E-state index in [1.807, 2.05) is 6.07 Å². The molecule has 1 atom stereocenters. The summed E-state index contributed by atoms with van der Waals surface area (Å²) in [6.07, 6.45) is 1.51. The molecule has 2 aromatic heterocycles. The lowest BCUT2D eigenvalue weighted by Gasteiger charge is -2.21. The number of amides is 2. The van der Waals surface area contributed by atoms with Gasteiger partial charge in [-0.1, -0.05) is 6.07 Å². The van der Waals surface area contributed by atoms with Gasteiger partial charge in [-0.25, -0.2) is 9.78 Å². The van der Waals surface area contributed by atoms with Gasteiger partial charge in [0, 0.05) is 12.6 Å². The molecule has 0 aliphatic carbocycles. The van der Waals surface area contributed by atoms with E-state index in [4.69, 9.17) is 4.74 Å². The second-order valence-electron chi connectivity index (χ2n) is 7.27. The molecule has 0 radical (unpaired) electrons. The van der Waals surface area contributed by atoms with Gasteiger partial charge in [-0.05, 0) is 39.8 Å². The highest BCUT2D eigenvalue weighted by Crippen LogP contribution is 2.20. The maximum atomic E-state index is 12.6. The molecule has 2 amide bonds. The van der Waals surface area contributed by atoms with E-state index in [0.29, 0.717) is 23.6 Å². The van der Waals surface area contributed by atoms with Crippen molar-refractivity contribution < 1.29 is 23.9 Å². The lowest BCUT2D eigenvalue weighted by Crippen LogP contribution is -2.44. The van der Waals surface area contributed by atoms with Gasteiger partial charge < -0.3 is 20.1 Å². The van der Waals surface area contributed by atoms with Crippen molar-refractivity contribution in [1.29, 1.82) is 0 Å². The quantitative estimate of drug-likeness (QED) is 0.732. The summed E-state index contributed by atoms with van der Waals surface area (Å²) in [7, 11) is 1.32. The SMILES string of the molecule is COC(=O)CCc1nc2ccccn2c1NC(=O)[C@H](C)NC(=O)OC(C)(C)C. The number of esters is 1. The van der Waals surface area contributed by atoms with Gasteiger partial charge in [0.1, 0.15) is 23.1 Å². The molecular weight excluding hydrogens is 364 g/mol. The van der Waals surface area contributed by atoms with Crippen molar-refractivity contribution in [2.45, 2.75) is 52.2 Å². The summed E-state index contributed by atoms with van der Waals surface area (Å²) in [5, 5.41) is 5.28. The van der Waals surface area contributed by atoms with Gasteiger partial charge in [0.05, 0.1) is 19.2 Å².